The Morgan fingerprint density at radius 3 is 2.45 bits per heavy atom. The minimum atomic E-state index is -0.960. The molecule has 1 unspecified atom stereocenters. The van der Waals surface area contributed by atoms with Crippen LogP contribution in [0.2, 0.25) is 0 Å². The fourth-order valence-electron chi connectivity index (χ4n) is 3.27. The summed E-state index contributed by atoms with van der Waals surface area (Å²) in [7, 11) is 0. The van der Waals surface area contributed by atoms with E-state index in [9.17, 15) is 10.0 Å². The van der Waals surface area contributed by atoms with Gasteiger partial charge in [0.15, 0.2) is 5.69 Å². The van der Waals surface area contributed by atoms with Gasteiger partial charge in [-0.05, 0) is 53.9 Å². The Morgan fingerprint density at radius 2 is 1.76 bits per heavy atom. The minimum Gasteiger partial charge on any atom is -0.595 e. The molecule has 4 rings (SSSR count). The van der Waals surface area contributed by atoms with Crippen molar-refractivity contribution in [2.24, 2.45) is 0 Å². The Balaban J connectivity index is 1.64. The highest BCUT2D eigenvalue weighted by atomic mass is 16.8. The van der Waals surface area contributed by atoms with Crippen LogP contribution in [-0.4, -0.2) is 5.21 Å². The molecule has 1 atom stereocenters. The topological polar surface area (TPSA) is 87.2 Å². The molecule has 0 aliphatic carbocycles. The third kappa shape index (κ3) is 3.90. The second-order valence-corrected chi connectivity index (χ2v) is 6.70. The predicted octanol–water partition coefficient (Wildman–Crippen LogP) is 3.75. The van der Waals surface area contributed by atoms with E-state index in [1.165, 1.54) is 0 Å². The lowest BCUT2D eigenvalue weighted by Gasteiger charge is -2.12. The van der Waals surface area contributed by atoms with Crippen LogP contribution >= 0.6 is 0 Å². The Morgan fingerprint density at radius 1 is 1.03 bits per heavy atom. The van der Waals surface area contributed by atoms with Gasteiger partial charge in [-0.15, -0.1) is 0 Å². The van der Waals surface area contributed by atoms with Gasteiger partial charge in [-0.3, -0.25) is 0 Å². The summed E-state index contributed by atoms with van der Waals surface area (Å²) in [4.78, 5) is 12.5. The number of hydrogen-bond acceptors (Lipinski definition) is 5. The number of quaternary nitrogens is 1. The summed E-state index contributed by atoms with van der Waals surface area (Å²) >= 11 is 0. The van der Waals surface area contributed by atoms with Crippen LogP contribution in [0.5, 0.6) is 5.75 Å². The summed E-state index contributed by atoms with van der Waals surface area (Å²) in [5.41, 5.74) is 3.41. The normalized spacial score (nSPS) is 12.1. The molecule has 4 aromatic rings. The molecule has 0 amide bonds. The first-order valence-corrected chi connectivity index (χ1v) is 9.11. The average Bonchev–Trinajstić information content (AvgIpc) is 2.73. The molecule has 0 bridgehead atoms. The predicted molar refractivity (Wildman–Crippen MR) is 109 cm³/mol. The Kier molecular flexibility index (Phi) is 5.14. The quantitative estimate of drug-likeness (QED) is 0.401. The van der Waals surface area contributed by atoms with Crippen LogP contribution < -0.4 is 15.6 Å². The second-order valence-electron chi connectivity index (χ2n) is 6.70. The van der Waals surface area contributed by atoms with Crippen LogP contribution in [0.3, 0.4) is 0 Å². The van der Waals surface area contributed by atoms with Crippen molar-refractivity contribution >= 4 is 16.7 Å². The fourth-order valence-corrected chi connectivity index (χ4v) is 3.27. The van der Waals surface area contributed by atoms with E-state index >= 15 is 0 Å². The van der Waals surface area contributed by atoms with Crippen molar-refractivity contribution in [2.45, 2.75) is 13.5 Å². The number of aryl methyl sites for hydroxylation is 1. The maximum Gasteiger partial charge on any atom is 0.344 e. The summed E-state index contributed by atoms with van der Waals surface area (Å²) in [5, 5.41) is 19.8. The van der Waals surface area contributed by atoms with Gasteiger partial charge in [0.2, 0.25) is 0 Å². The Bertz CT molecular complexity index is 1200. The molecule has 0 spiro atoms. The van der Waals surface area contributed by atoms with Crippen molar-refractivity contribution in [3.8, 4) is 16.9 Å². The van der Waals surface area contributed by atoms with Gasteiger partial charge in [0.25, 0.3) is 0 Å². The third-order valence-corrected chi connectivity index (χ3v) is 4.81. The number of rotatable bonds is 5. The molecule has 0 saturated heterocycles. The zero-order chi connectivity index (χ0) is 20.4. The summed E-state index contributed by atoms with van der Waals surface area (Å²) in [5.74, 6) is 0.635. The number of hydrogen-bond donors (Lipinski definition) is 2. The zero-order valence-corrected chi connectivity index (χ0v) is 15.7. The van der Waals surface area contributed by atoms with E-state index in [2.05, 4.69) is 0 Å². The highest BCUT2D eigenvalue weighted by Crippen LogP contribution is 2.29. The third-order valence-electron chi connectivity index (χ3n) is 4.81. The highest BCUT2D eigenvalue weighted by Gasteiger charge is 2.14. The molecule has 6 nitrogen and oxygen atoms in total. The van der Waals surface area contributed by atoms with E-state index in [0.29, 0.717) is 23.5 Å². The first-order valence-electron chi connectivity index (χ1n) is 9.11. The van der Waals surface area contributed by atoms with E-state index in [1.807, 2.05) is 43.3 Å². The molecule has 29 heavy (non-hydrogen) atoms. The molecule has 0 fully saturated rings. The molecule has 0 saturated carbocycles. The second kappa shape index (κ2) is 7.89. The van der Waals surface area contributed by atoms with Gasteiger partial charge in [0.05, 0.1) is 5.56 Å². The number of benzene rings is 3. The molecule has 2 N–H and O–H groups in total. The van der Waals surface area contributed by atoms with Crippen LogP contribution in [0.25, 0.3) is 22.1 Å². The lowest BCUT2D eigenvalue weighted by Crippen LogP contribution is -2.99. The summed E-state index contributed by atoms with van der Waals surface area (Å²) in [6.45, 7) is 2.20. The summed E-state index contributed by atoms with van der Waals surface area (Å²) in [6.07, 6.45) is 0. The van der Waals surface area contributed by atoms with Crippen LogP contribution in [0.4, 0.5) is 5.69 Å². The lowest BCUT2D eigenvalue weighted by atomic mass is 9.99. The molecule has 1 heterocycles. The van der Waals surface area contributed by atoms with Crippen molar-refractivity contribution in [2.75, 3.05) is 0 Å². The van der Waals surface area contributed by atoms with Gasteiger partial charge in [-0.1, -0.05) is 30.3 Å². The minimum absolute atomic E-state index is 0.235. The molecule has 3 aromatic carbocycles. The van der Waals surface area contributed by atoms with Crippen LogP contribution in [0, 0.1) is 12.1 Å². The SMILES string of the molecule is Cc1c(-c2ccccc2)c(=O)oc2ccc(OCc3ccc([NH+]([O-])O)cc3)cc12. The molecule has 6 heteroatoms. The van der Waals surface area contributed by atoms with Gasteiger partial charge in [-0.25, -0.2) is 10.0 Å². The van der Waals surface area contributed by atoms with Crippen molar-refractivity contribution in [3.05, 3.63) is 99.6 Å². The smallest absolute Gasteiger partial charge is 0.344 e. The van der Waals surface area contributed by atoms with Gasteiger partial charge in [0, 0.05) is 17.5 Å². The van der Waals surface area contributed by atoms with Gasteiger partial charge >= 0.3 is 5.63 Å². The van der Waals surface area contributed by atoms with Gasteiger partial charge in [0.1, 0.15) is 17.9 Å². The summed E-state index contributed by atoms with van der Waals surface area (Å²) < 4.78 is 11.4. The molecule has 146 valence electrons. The molecule has 0 radical (unpaired) electrons. The van der Waals surface area contributed by atoms with E-state index in [-0.39, 0.29) is 11.3 Å². The van der Waals surface area contributed by atoms with Crippen molar-refractivity contribution in [1.82, 2.24) is 0 Å². The lowest BCUT2D eigenvalue weighted by molar-refractivity contribution is -0.991. The van der Waals surface area contributed by atoms with Gasteiger partial charge < -0.3 is 14.4 Å². The van der Waals surface area contributed by atoms with E-state index in [4.69, 9.17) is 14.4 Å². The summed E-state index contributed by atoms with van der Waals surface area (Å²) in [6, 6.07) is 21.3. The maximum absolute atomic E-state index is 12.5. The van der Waals surface area contributed by atoms with E-state index in [0.717, 1.165) is 22.1 Å². The van der Waals surface area contributed by atoms with Crippen LogP contribution in [0.15, 0.2) is 82.0 Å². The van der Waals surface area contributed by atoms with Crippen LogP contribution in [-0.2, 0) is 6.61 Å². The van der Waals surface area contributed by atoms with Gasteiger partial charge in [-0.2, -0.15) is 5.23 Å². The van der Waals surface area contributed by atoms with Crippen molar-refractivity contribution < 1.29 is 19.6 Å². The monoisotopic (exact) mass is 389 g/mol. The molecular weight excluding hydrogens is 370 g/mol. The Hall–Kier alpha value is -3.45. The van der Waals surface area contributed by atoms with Crippen molar-refractivity contribution in [1.29, 1.82) is 0 Å². The van der Waals surface area contributed by atoms with Crippen LogP contribution in [0.1, 0.15) is 11.1 Å². The largest absolute Gasteiger partial charge is 0.595 e. The number of ether oxygens (including phenoxy) is 1. The molecule has 0 aliphatic heterocycles. The number of nitrogens with one attached hydrogen (secondary N) is 1. The van der Waals surface area contributed by atoms with E-state index in [1.54, 1.807) is 36.4 Å². The van der Waals surface area contributed by atoms with E-state index < -0.39 is 5.23 Å². The van der Waals surface area contributed by atoms with Crippen molar-refractivity contribution in [3.63, 3.8) is 0 Å². The molecular formula is C23H19NO5. The first kappa shape index (κ1) is 18.9. The first-order chi connectivity index (χ1) is 14.0. The standard InChI is InChI=1S/C23H19NO5/c1-15-20-13-19(28-14-16-7-9-18(10-8-16)24(26)27)11-12-21(20)29-23(25)22(15)17-5-3-2-4-6-17/h2-13,24,26H,14H2,1H3. The zero-order valence-electron chi connectivity index (χ0n) is 15.7. The average molecular weight is 389 g/mol. The molecule has 0 aliphatic rings. The maximum atomic E-state index is 12.5. The number of fused-ring (bicyclic) bond motifs is 1. The Labute approximate surface area is 166 Å². The fraction of sp³-hybridized carbons (Fsp3) is 0.0870. The highest BCUT2D eigenvalue weighted by molar-refractivity contribution is 5.87. The molecule has 1 aromatic heterocycles.